The number of hydrogen-bond acceptors (Lipinski definition) is 4. The molecule has 0 aliphatic heterocycles. The van der Waals surface area contributed by atoms with Crippen molar-refractivity contribution in [3.05, 3.63) is 58.6 Å². The van der Waals surface area contributed by atoms with E-state index in [-0.39, 0.29) is 6.42 Å². The van der Waals surface area contributed by atoms with Crippen molar-refractivity contribution < 1.29 is 24.1 Å². The summed E-state index contributed by atoms with van der Waals surface area (Å²) >= 11 is 5.98. The first-order valence-corrected chi connectivity index (χ1v) is 8.29. The topological polar surface area (TPSA) is 65.0 Å². The van der Waals surface area contributed by atoms with Gasteiger partial charge in [0.05, 0.1) is 7.11 Å². The van der Waals surface area contributed by atoms with Crippen molar-refractivity contribution in [1.29, 1.82) is 0 Å². The molecule has 0 aromatic heterocycles. The second kappa shape index (κ2) is 9.30. The van der Waals surface area contributed by atoms with E-state index in [0.717, 1.165) is 11.1 Å². The molecule has 1 N–H and O–H groups in total. The van der Waals surface area contributed by atoms with Crippen molar-refractivity contribution in [2.75, 3.05) is 13.7 Å². The Morgan fingerprint density at radius 2 is 1.96 bits per heavy atom. The van der Waals surface area contributed by atoms with Gasteiger partial charge in [0.2, 0.25) is 0 Å². The molecule has 0 bridgehead atoms. The molecule has 0 aliphatic rings. The van der Waals surface area contributed by atoms with Gasteiger partial charge in [0.1, 0.15) is 6.61 Å². The molecule has 134 valence electrons. The number of carbonyl (C=O) groups is 1. The summed E-state index contributed by atoms with van der Waals surface area (Å²) in [6.45, 7) is 2.43. The van der Waals surface area contributed by atoms with Crippen LogP contribution in [0.3, 0.4) is 0 Å². The maximum atomic E-state index is 11.3. The van der Waals surface area contributed by atoms with E-state index in [2.05, 4.69) is 0 Å². The normalized spacial score (nSPS) is 11.8. The van der Waals surface area contributed by atoms with Gasteiger partial charge >= 0.3 is 5.97 Å². The predicted octanol–water partition coefficient (Wildman–Crippen LogP) is 3.96. The summed E-state index contributed by atoms with van der Waals surface area (Å²) in [4.78, 5) is 11.3. The molecule has 0 amide bonds. The molecule has 1 atom stereocenters. The lowest BCUT2D eigenvalue weighted by atomic mass is 10.1. The van der Waals surface area contributed by atoms with Gasteiger partial charge in [0.25, 0.3) is 0 Å². The molecule has 0 heterocycles. The fraction of sp³-hybridized carbons (Fsp3) is 0.316. The molecule has 6 heteroatoms. The summed E-state index contributed by atoms with van der Waals surface area (Å²) in [6, 6.07) is 12.7. The molecular weight excluding hydrogens is 344 g/mol. The van der Waals surface area contributed by atoms with E-state index < -0.39 is 12.1 Å². The lowest BCUT2D eigenvalue weighted by molar-refractivity contribution is -0.149. The Morgan fingerprint density at radius 1 is 1.16 bits per heavy atom. The fourth-order valence-corrected chi connectivity index (χ4v) is 2.59. The van der Waals surface area contributed by atoms with Gasteiger partial charge in [-0.3, -0.25) is 0 Å². The maximum Gasteiger partial charge on any atom is 0.333 e. The molecule has 2 aromatic rings. The molecule has 0 radical (unpaired) electrons. The standard InChI is InChI=1S/C19H21ClO5/c1-3-24-18(19(21)22)11-13-7-8-16(23-2)17(10-13)25-12-14-5-4-6-15(20)9-14/h4-10,18H,3,11-12H2,1-2H3,(H,21,22). The highest BCUT2D eigenvalue weighted by Crippen LogP contribution is 2.29. The fourth-order valence-electron chi connectivity index (χ4n) is 2.38. The maximum absolute atomic E-state index is 11.3. The summed E-state index contributed by atoms with van der Waals surface area (Å²) in [7, 11) is 1.56. The van der Waals surface area contributed by atoms with Crippen LogP contribution in [0.25, 0.3) is 0 Å². The van der Waals surface area contributed by atoms with Gasteiger partial charge < -0.3 is 19.3 Å². The van der Waals surface area contributed by atoms with Crippen LogP contribution in [-0.2, 0) is 22.6 Å². The number of ether oxygens (including phenoxy) is 3. The van der Waals surface area contributed by atoms with Gasteiger partial charge in [0, 0.05) is 18.1 Å². The smallest absolute Gasteiger partial charge is 0.333 e. The number of halogens is 1. The number of methoxy groups -OCH3 is 1. The van der Waals surface area contributed by atoms with Crippen molar-refractivity contribution in [2.24, 2.45) is 0 Å². The Morgan fingerprint density at radius 3 is 2.60 bits per heavy atom. The van der Waals surface area contributed by atoms with E-state index in [1.54, 1.807) is 38.3 Å². The first-order chi connectivity index (χ1) is 12.0. The number of carboxylic acids is 1. The molecule has 0 aliphatic carbocycles. The monoisotopic (exact) mass is 364 g/mol. The number of hydrogen-bond donors (Lipinski definition) is 1. The quantitative estimate of drug-likeness (QED) is 0.729. The van der Waals surface area contributed by atoms with Crippen LogP contribution in [0, 0.1) is 0 Å². The Balaban J connectivity index is 2.14. The van der Waals surface area contributed by atoms with E-state index in [1.807, 2.05) is 18.2 Å². The molecule has 5 nitrogen and oxygen atoms in total. The second-order valence-corrected chi connectivity index (χ2v) is 5.83. The van der Waals surface area contributed by atoms with Gasteiger partial charge in [-0.2, -0.15) is 0 Å². The van der Waals surface area contributed by atoms with Crippen LogP contribution in [0.2, 0.25) is 5.02 Å². The minimum atomic E-state index is -0.987. The summed E-state index contributed by atoms with van der Waals surface area (Å²) in [5.41, 5.74) is 1.72. The number of rotatable bonds is 9. The predicted molar refractivity (Wildman–Crippen MR) is 95.5 cm³/mol. The van der Waals surface area contributed by atoms with Crippen LogP contribution >= 0.6 is 11.6 Å². The van der Waals surface area contributed by atoms with Crippen LogP contribution in [0.5, 0.6) is 11.5 Å². The lowest BCUT2D eigenvalue weighted by Gasteiger charge is -2.15. The molecule has 2 aromatic carbocycles. The Hall–Kier alpha value is -2.24. The van der Waals surface area contributed by atoms with Gasteiger partial charge in [0.15, 0.2) is 17.6 Å². The van der Waals surface area contributed by atoms with Crippen molar-refractivity contribution in [3.8, 4) is 11.5 Å². The first kappa shape index (κ1) is 19.1. The Kier molecular flexibility index (Phi) is 7.10. The zero-order valence-electron chi connectivity index (χ0n) is 14.2. The molecule has 0 saturated heterocycles. The number of benzene rings is 2. The molecule has 0 spiro atoms. The van der Waals surface area contributed by atoms with Gasteiger partial charge in [-0.05, 0) is 42.3 Å². The molecular formula is C19H21ClO5. The van der Waals surface area contributed by atoms with Crippen molar-refractivity contribution in [2.45, 2.75) is 26.1 Å². The largest absolute Gasteiger partial charge is 0.493 e. The highest BCUT2D eigenvalue weighted by atomic mass is 35.5. The molecule has 2 rings (SSSR count). The number of aliphatic carboxylic acids is 1. The molecule has 1 unspecified atom stereocenters. The highest BCUT2D eigenvalue weighted by molar-refractivity contribution is 6.30. The third kappa shape index (κ3) is 5.66. The molecule has 0 fully saturated rings. The Bertz CT molecular complexity index is 717. The van der Waals surface area contributed by atoms with E-state index in [0.29, 0.717) is 29.7 Å². The van der Waals surface area contributed by atoms with E-state index in [4.69, 9.17) is 25.8 Å². The molecule has 25 heavy (non-hydrogen) atoms. The minimum absolute atomic E-state index is 0.251. The van der Waals surface area contributed by atoms with Crippen LogP contribution in [0.1, 0.15) is 18.1 Å². The van der Waals surface area contributed by atoms with E-state index >= 15 is 0 Å². The van der Waals surface area contributed by atoms with Gasteiger partial charge in [-0.1, -0.05) is 29.8 Å². The van der Waals surface area contributed by atoms with Crippen LogP contribution in [-0.4, -0.2) is 30.9 Å². The van der Waals surface area contributed by atoms with E-state index in [1.165, 1.54) is 0 Å². The van der Waals surface area contributed by atoms with Crippen LogP contribution in [0.4, 0.5) is 0 Å². The average molecular weight is 365 g/mol. The minimum Gasteiger partial charge on any atom is -0.493 e. The summed E-state index contributed by atoms with van der Waals surface area (Å²) in [5, 5.41) is 9.86. The average Bonchev–Trinajstić information content (AvgIpc) is 2.59. The summed E-state index contributed by atoms with van der Waals surface area (Å²) < 4.78 is 16.4. The highest BCUT2D eigenvalue weighted by Gasteiger charge is 2.19. The third-order valence-electron chi connectivity index (χ3n) is 3.58. The van der Waals surface area contributed by atoms with E-state index in [9.17, 15) is 9.90 Å². The first-order valence-electron chi connectivity index (χ1n) is 7.92. The van der Waals surface area contributed by atoms with Crippen LogP contribution < -0.4 is 9.47 Å². The third-order valence-corrected chi connectivity index (χ3v) is 3.81. The molecule has 0 saturated carbocycles. The second-order valence-electron chi connectivity index (χ2n) is 5.39. The van der Waals surface area contributed by atoms with Crippen molar-refractivity contribution in [1.82, 2.24) is 0 Å². The van der Waals surface area contributed by atoms with Gasteiger partial charge in [-0.25, -0.2) is 4.79 Å². The Labute approximate surface area is 152 Å². The lowest BCUT2D eigenvalue weighted by Crippen LogP contribution is -2.26. The van der Waals surface area contributed by atoms with Crippen molar-refractivity contribution in [3.63, 3.8) is 0 Å². The number of carboxylic acid groups (broad SMARTS) is 1. The summed E-state index contributed by atoms with van der Waals surface area (Å²) in [5.74, 6) is 0.133. The zero-order valence-corrected chi connectivity index (χ0v) is 15.0. The van der Waals surface area contributed by atoms with Gasteiger partial charge in [-0.15, -0.1) is 0 Å². The SMILES string of the molecule is CCOC(Cc1ccc(OC)c(OCc2cccc(Cl)c2)c1)C(=O)O. The van der Waals surface area contributed by atoms with Crippen molar-refractivity contribution >= 4 is 17.6 Å². The zero-order chi connectivity index (χ0) is 18.2. The van der Waals surface area contributed by atoms with Crippen LogP contribution in [0.15, 0.2) is 42.5 Å². The summed E-state index contributed by atoms with van der Waals surface area (Å²) in [6.07, 6.45) is -0.639.